The Morgan fingerprint density at radius 1 is 1.00 bits per heavy atom. The first-order valence-corrected chi connectivity index (χ1v) is 8.21. The second kappa shape index (κ2) is 7.12. The van der Waals surface area contributed by atoms with Gasteiger partial charge in [0.2, 0.25) is 0 Å². The number of fused-ring (bicyclic) bond motifs is 1. The molecule has 0 fully saturated rings. The molecule has 0 unspecified atom stereocenters. The predicted molar refractivity (Wildman–Crippen MR) is 102 cm³/mol. The molecule has 0 bridgehead atoms. The van der Waals surface area contributed by atoms with Crippen LogP contribution in [0.3, 0.4) is 0 Å². The monoisotopic (exact) mass is 360 g/mol. The Bertz CT molecular complexity index is 1110. The molecule has 8 heteroatoms. The van der Waals surface area contributed by atoms with Gasteiger partial charge in [0.05, 0.1) is 19.1 Å². The molecule has 0 saturated heterocycles. The van der Waals surface area contributed by atoms with Crippen molar-refractivity contribution in [2.24, 2.45) is 5.10 Å². The quantitative estimate of drug-likeness (QED) is 0.287. The van der Waals surface area contributed by atoms with Gasteiger partial charge in [-0.05, 0) is 29.3 Å². The zero-order valence-corrected chi connectivity index (χ0v) is 14.2. The van der Waals surface area contributed by atoms with Crippen LogP contribution < -0.4 is 5.43 Å². The molecule has 0 spiro atoms. The molecule has 2 aromatic carbocycles. The summed E-state index contributed by atoms with van der Waals surface area (Å²) in [6.07, 6.45) is 4.68. The van der Waals surface area contributed by atoms with Crippen LogP contribution in [-0.2, 0) is 6.54 Å². The average molecular weight is 360 g/mol. The number of imidazole rings is 1. The first kappa shape index (κ1) is 16.5. The lowest BCUT2D eigenvalue weighted by atomic mass is 10.2. The Hall–Kier alpha value is -3.94. The molecule has 0 aliphatic carbocycles. The minimum absolute atomic E-state index is 0.179. The van der Waals surface area contributed by atoms with Crippen LogP contribution in [-0.4, -0.2) is 35.9 Å². The SMILES string of the molecule is Oc1ccc(/C=N\Nc2ncnc3c2ncn3Cc2ccccc2)cc1O. The lowest BCUT2D eigenvalue weighted by Crippen LogP contribution is -2.00. The van der Waals surface area contributed by atoms with E-state index in [9.17, 15) is 10.2 Å². The van der Waals surface area contributed by atoms with Gasteiger partial charge in [0.1, 0.15) is 6.33 Å². The number of phenolic OH excluding ortho intramolecular Hbond substituents is 2. The van der Waals surface area contributed by atoms with E-state index in [0.29, 0.717) is 29.1 Å². The molecule has 2 heterocycles. The number of nitrogens with zero attached hydrogens (tertiary/aromatic N) is 5. The fourth-order valence-corrected chi connectivity index (χ4v) is 2.65. The van der Waals surface area contributed by atoms with Crippen molar-refractivity contribution < 1.29 is 10.2 Å². The van der Waals surface area contributed by atoms with Gasteiger partial charge in [0.25, 0.3) is 0 Å². The molecular weight excluding hydrogens is 344 g/mol. The van der Waals surface area contributed by atoms with Gasteiger partial charge >= 0.3 is 0 Å². The average Bonchev–Trinajstić information content (AvgIpc) is 3.09. The molecule has 3 N–H and O–H groups in total. The largest absolute Gasteiger partial charge is 0.504 e. The number of anilines is 1. The summed E-state index contributed by atoms with van der Waals surface area (Å²) in [5, 5.41) is 23.0. The maximum atomic E-state index is 9.52. The van der Waals surface area contributed by atoms with Gasteiger partial charge in [0, 0.05) is 0 Å². The van der Waals surface area contributed by atoms with E-state index in [1.807, 2.05) is 34.9 Å². The summed E-state index contributed by atoms with van der Waals surface area (Å²) in [5.41, 5.74) is 5.93. The number of hydrogen-bond donors (Lipinski definition) is 3. The second-order valence-electron chi connectivity index (χ2n) is 5.87. The molecule has 4 aromatic rings. The van der Waals surface area contributed by atoms with Gasteiger partial charge in [-0.2, -0.15) is 5.10 Å². The highest BCUT2D eigenvalue weighted by molar-refractivity contribution is 5.85. The zero-order chi connectivity index (χ0) is 18.6. The van der Waals surface area contributed by atoms with E-state index < -0.39 is 0 Å². The second-order valence-corrected chi connectivity index (χ2v) is 5.87. The fourth-order valence-electron chi connectivity index (χ4n) is 2.65. The van der Waals surface area contributed by atoms with Crippen molar-refractivity contribution in [1.82, 2.24) is 19.5 Å². The van der Waals surface area contributed by atoms with Crippen LogP contribution in [0.25, 0.3) is 11.2 Å². The van der Waals surface area contributed by atoms with Crippen LogP contribution >= 0.6 is 0 Å². The Balaban J connectivity index is 1.55. The Labute approximate surface area is 154 Å². The maximum Gasteiger partial charge on any atom is 0.177 e. The molecule has 0 aliphatic heterocycles. The molecule has 0 aliphatic rings. The summed E-state index contributed by atoms with van der Waals surface area (Å²) in [7, 11) is 0. The van der Waals surface area contributed by atoms with Gasteiger partial charge < -0.3 is 14.8 Å². The fraction of sp³-hybridized carbons (Fsp3) is 0.0526. The Morgan fingerprint density at radius 3 is 2.67 bits per heavy atom. The van der Waals surface area contributed by atoms with E-state index in [1.165, 1.54) is 24.7 Å². The Morgan fingerprint density at radius 2 is 1.85 bits per heavy atom. The number of hydrogen-bond acceptors (Lipinski definition) is 7. The smallest absolute Gasteiger partial charge is 0.177 e. The summed E-state index contributed by atoms with van der Waals surface area (Å²) in [5.74, 6) is 0.0932. The van der Waals surface area contributed by atoms with E-state index in [1.54, 1.807) is 12.4 Å². The normalized spacial score (nSPS) is 11.3. The summed E-state index contributed by atoms with van der Waals surface area (Å²) in [4.78, 5) is 12.9. The number of benzene rings is 2. The molecule has 27 heavy (non-hydrogen) atoms. The third kappa shape index (κ3) is 3.54. The third-order valence-electron chi connectivity index (χ3n) is 3.98. The van der Waals surface area contributed by atoms with Crippen molar-refractivity contribution >= 4 is 23.2 Å². The van der Waals surface area contributed by atoms with E-state index in [2.05, 4.69) is 25.5 Å². The molecule has 4 rings (SSSR count). The van der Waals surface area contributed by atoms with Crippen LogP contribution in [0, 0.1) is 0 Å². The maximum absolute atomic E-state index is 9.52. The van der Waals surface area contributed by atoms with Crippen molar-refractivity contribution in [3.63, 3.8) is 0 Å². The summed E-state index contributed by atoms with van der Waals surface area (Å²) >= 11 is 0. The van der Waals surface area contributed by atoms with Crippen molar-refractivity contribution in [1.29, 1.82) is 0 Å². The van der Waals surface area contributed by atoms with Crippen molar-refractivity contribution in [3.8, 4) is 11.5 Å². The molecule has 0 saturated carbocycles. The van der Waals surface area contributed by atoms with Gasteiger partial charge in [-0.1, -0.05) is 30.3 Å². The number of phenols is 2. The van der Waals surface area contributed by atoms with Crippen LogP contribution in [0.2, 0.25) is 0 Å². The summed E-state index contributed by atoms with van der Waals surface area (Å²) in [6.45, 7) is 0.657. The minimum Gasteiger partial charge on any atom is -0.504 e. The summed E-state index contributed by atoms with van der Waals surface area (Å²) < 4.78 is 1.94. The number of aromatic hydroxyl groups is 2. The molecule has 0 radical (unpaired) electrons. The standard InChI is InChI=1S/C19H16N6O2/c26-15-7-6-14(8-16(15)27)9-23-24-18-17-19(21-11-20-18)25(12-22-17)10-13-4-2-1-3-5-13/h1-9,11-12,26-27H,10H2,(H,20,21,24)/b23-9-. The van der Waals surface area contributed by atoms with E-state index in [-0.39, 0.29) is 11.5 Å². The van der Waals surface area contributed by atoms with Gasteiger partial charge in [-0.3, -0.25) is 5.43 Å². The number of hydrazone groups is 1. The van der Waals surface area contributed by atoms with E-state index in [0.717, 1.165) is 5.56 Å². The van der Waals surface area contributed by atoms with Crippen LogP contribution in [0.15, 0.2) is 66.3 Å². The molecule has 2 aromatic heterocycles. The highest BCUT2D eigenvalue weighted by atomic mass is 16.3. The van der Waals surface area contributed by atoms with E-state index in [4.69, 9.17) is 0 Å². The highest BCUT2D eigenvalue weighted by Crippen LogP contribution is 2.24. The molecular formula is C19H16N6O2. The van der Waals surface area contributed by atoms with Gasteiger partial charge in [-0.15, -0.1) is 0 Å². The third-order valence-corrected chi connectivity index (χ3v) is 3.98. The molecule has 8 nitrogen and oxygen atoms in total. The summed E-state index contributed by atoms with van der Waals surface area (Å²) in [6, 6.07) is 14.5. The topological polar surface area (TPSA) is 108 Å². The number of rotatable bonds is 5. The highest BCUT2D eigenvalue weighted by Gasteiger charge is 2.10. The zero-order valence-electron chi connectivity index (χ0n) is 14.2. The number of aromatic nitrogens is 4. The molecule has 0 amide bonds. The van der Waals surface area contributed by atoms with Crippen molar-refractivity contribution in [2.45, 2.75) is 6.54 Å². The van der Waals surface area contributed by atoms with Gasteiger partial charge in [0.15, 0.2) is 28.5 Å². The number of nitrogens with one attached hydrogen (secondary N) is 1. The van der Waals surface area contributed by atoms with Gasteiger partial charge in [-0.25, -0.2) is 15.0 Å². The first-order valence-electron chi connectivity index (χ1n) is 8.21. The molecule has 134 valence electrons. The molecule has 0 atom stereocenters. The lowest BCUT2D eigenvalue weighted by molar-refractivity contribution is 0.403. The first-order chi connectivity index (χ1) is 13.2. The Kier molecular flexibility index (Phi) is 4.36. The van der Waals surface area contributed by atoms with E-state index >= 15 is 0 Å². The minimum atomic E-state index is -0.206. The van der Waals surface area contributed by atoms with Crippen molar-refractivity contribution in [3.05, 3.63) is 72.3 Å². The predicted octanol–water partition coefficient (Wildman–Crippen LogP) is 2.73. The van der Waals surface area contributed by atoms with Crippen LogP contribution in [0.5, 0.6) is 11.5 Å². The lowest BCUT2D eigenvalue weighted by Gasteiger charge is -2.04. The van der Waals surface area contributed by atoms with Crippen LogP contribution in [0.4, 0.5) is 5.82 Å². The van der Waals surface area contributed by atoms with Crippen LogP contribution in [0.1, 0.15) is 11.1 Å². The van der Waals surface area contributed by atoms with Crippen molar-refractivity contribution in [2.75, 3.05) is 5.43 Å².